The van der Waals surface area contributed by atoms with E-state index >= 15 is 0 Å². The zero-order chi connectivity index (χ0) is 12.3. The fraction of sp³-hybridized carbons (Fsp3) is 0.0769. The van der Waals surface area contributed by atoms with Gasteiger partial charge in [0.1, 0.15) is 11.6 Å². The van der Waals surface area contributed by atoms with Crippen molar-refractivity contribution in [1.82, 2.24) is 0 Å². The van der Waals surface area contributed by atoms with Crippen molar-refractivity contribution in [3.8, 4) is 0 Å². The first kappa shape index (κ1) is 11.9. The first-order valence-electron chi connectivity index (χ1n) is 5.09. The minimum Gasteiger partial charge on any atom is -0.381 e. The van der Waals surface area contributed by atoms with Gasteiger partial charge in [0.2, 0.25) is 0 Å². The molecule has 0 saturated carbocycles. The normalized spacial score (nSPS) is 10.3. The van der Waals surface area contributed by atoms with Crippen molar-refractivity contribution in [3.63, 3.8) is 0 Å². The molecule has 2 aromatic rings. The van der Waals surface area contributed by atoms with E-state index in [1.807, 2.05) is 0 Å². The average molecular weight is 254 g/mol. The Morgan fingerprint density at radius 3 is 2.53 bits per heavy atom. The topological polar surface area (TPSA) is 12.0 Å². The van der Waals surface area contributed by atoms with Crippen molar-refractivity contribution >= 4 is 17.3 Å². The maximum Gasteiger partial charge on any atom is 0.129 e. The van der Waals surface area contributed by atoms with Crippen LogP contribution < -0.4 is 5.32 Å². The molecule has 0 bridgehead atoms. The predicted molar refractivity (Wildman–Crippen MR) is 65.1 cm³/mol. The molecule has 0 aliphatic rings. The van der Waals surface area contributed by atoms with E-state index in [0.717, 1.165) is 0 Å². The van der Waals surface area contributed by atoms with Gasteiger partial charge in [-0.15, -0.1) is 0 Å². The van der Waals surface area contributed by atoms with E-state index in [2.05, 4.69) is 5.32 Å². The smallest absolute Gasteiger partial charge is 0.129 e. The first-order chi connectivity index (χ1) is 8.16. The molecule has 88 valence electrons. The lowest BCUT2D eigenvalue weighted by Crippen LogP contribution is -2.02. The Balaban J connectivity index is 2.13. The second kappa shape index (κ2) is 5.15. The monoisotopic (exact) mass is 253 g/mol. The molecule has 2 aromatic carbocycles. The molecule has 0 aliphatic carbocycles. The summed E-state index contributed by atoms with van der Waals surface area (Å²) in [5.74, 6) is -0.712. The highest BCUT2D eigenvalue weighted by Crippen LogP contribution is 2.20. The zero-order valence-corrected chi connectivity index (χ0v) is 9.64. The summed E-state index contributed by atoms with van der Waals surface area (Å²) in [6.07, 6.45) is 0. The standard InChI is InChI=1S/C13H10ClF2N/c14-12-5-2-6-13(16)11(12)8-17-10-4-1-3-9(15)7-10/h1-7,17H,8H2. The Hall–Kier alpha value is -1.61. The SMILES string of the molecule is Fc1cccc(NCc2c(F)cccc2Cl)c1. The van der Waals surface area contributed by atoms with Crippen LogP contribution >= 0.6 is 11.6 Å². The number of hydrogen-bond donors (Lipinski definition) is 1. The molecule has 0 spiro atoms. The third-order valence-corrected chi connectivity index (χ3v) is 2.71. The van der Waals surface area contributed by atoms with Crippen LogP contribution in [0.15, 0.2) is 42.5 Å². The summed E-state index contributed by atoms with van der Waals surface area (Å²) in [7, 11) is 0. The van der Waals surface area contributed by atoms with Crippen LogP contribution in [0.2, 0.25) is 5.02 Å². The van der Waals surface area contributed by atoms with Gasteiger partial charge >= 0.3 is 0 Å². The van der Waals surface area contributed by atoms with Gasteiger partial charge in [-0.3, -0.25) is 0 Å². The van der Waals surface area contributed by atoms with Crippen LogP contribution in [-0.4, -0.2) is 0 Å². The third-order valence-electron chi connectivity index (χ3n) is 2.36. The minimum atomic E-state index is -0.374. The van der Waals surface area contributed by atoms with Gasteiger partial charge in [-0.1, -0.05) is 23.7 Å². The van der Waals surface area contributed by atoms with E-state index < -0.39 is 0 Å². The molecule has 1 nitrogen and oxygen atoms in total. The summed E-state index contributed by atoms with van der Waals surface area (Å²) >= 11 is 5.87. The molecule has 2 rings (SSSR count). The highest BCUT2D eigenvalue weighted by atomic mass is 35.5. The van der Waals surface area contributed by atoms with Crippen molar-refractivity contribution in [3.05, 3.63) is 64.7 Å². The van der Waals surface area contributed by atoms with E-state index in [4.69, 9.17) is 11.6 Å². The fourth-order valence-corrected chi connectivity index (χ4v) is 1.72. The molecule has 0 aliphatic heterocycles. The number of halogens is 3. The highest BCUT2D eigenvalue weighted by molar-refractivity contribution is 6.31. The van der Waals surface area contributed by atoms with Crippen LogP contribution in [0.5, 0.6) is 0 Å². The number of rotatable bonds is 3. The van der Waals surface area contributed by atoms with Crippen LogP contribution in [0.4, 0.5) is 14.5 Å². The molecule has 0 heterocycles. The molecule has 0 saturated heterocycles. The van der Waals surface area contributed by atoms with Gasteiger partial charge in [-0.25, -0.2) is 8.78 Å². The van der Waals surface area contributed by atoms with Crippen LogP contribution in [-0.2, 0) is 6.54 Å². The van der Waals surface area contributed by atoms with Gasteiger partial charge in [-0.2, -0.15) is 0 Å². The lowest BCUT2D eigenvalue weighted by molar-refractivity contribution is 0.613. The first-order valence-corrected chi connectivity index (χ1v) is 5.47. The van der Waals surface area contributed by atoms with Gasteiger partial charge in [0.15, 0.2) is 0 Å². The zero-order valence-electron chi connectivity index (χ0n) is 8.88. The van der Waals surface area contributed by atoms with Crippen molar-refractivity contribution in [1.29, 1.82) is 0 Å². The van der Waals surface area contributed by atoms with Crippen LogP contribution in [0.1, 0.15) is 5.56 Å². The largest absolute Gasteiger partial charge is 0.381 e. The molecule has 0 atom stereocenters. The lowest BCUT2D eigenvalue weighted by Gasteiger charge is -2.09. The number of benzene rings is 2. The van der Waals surface area contributed by atoms with E-state index in [-0.39, 0.29) is 18.2 Å². The minimum absolute atomic E-state index is 0.217. The van der Waals surface area contributed by atoms with Gasteiger partial charge < -0.3 is 5.32 Å². The van der Waals surface area contributed by atoms with Crippen molar-refractivity contribution in [2.24, 2.45) is 0 Å². The second-order valence-corrected chi connectivity index (χ2v) is 3.97. The Labute approximate surface area is 103 Å². The highest BCUT2D eigenvalue weighted by Gasteiger charge is 2.06. The van der Waals surface area contributed by atoms with Crippen molar-refractivity contribution < 1.29 is 8.78 Å². The Kier molecular flexibility index (Phi) is 3.59. The van der Waals surface area contributed by atoms with Gasteiger partial charge in [0.25, 0.3) is 0 Å². The molecule has 17 heavy (non-hydrogen) atoms. The van der Waals surface area contributed by atoms with Gasteiger partial charge in [0, 0.05) is 22.8 Å². The lowest BCUT2D eigenvalue weighted by atomic mass is 10.2. The maximum atomic E-state index is 13.4. The Morgan fingerprint density at radius 2 is 1.82 bits per heavy atom. The summed E-state index contributed by atoms with van der Waals surface area (Å²) in [4.78, 5) is 0. The molecular weight excluding hydrogens is 244 g/mol. The maximum absolute atomic E-state index is 13.4. The molecule has 1 N–H and O–H groups in total. The quantitative estimate of drug-likeness (QED) is 0.863. The third kappa shape index (κ3) is 2.94. The fourth-order valence-electron chi connectivity index (χ4n) is 1.49. The summed E-state index contributed by atoms with van der Waals surface area (Å²) < 4.78 is 26.3. The van der Waals surface area contributed by atoms with E-state index in [1.54, 1.807) is 24.3 Å². The molecule has 0 aromatic heterocycles. The molecule has 0 amide bonds. The molecule has 4 heteroatoms. The molecule has 0 fully saturated rings. The van der Waals surface area contributed by atoms with Crippen molar-refractivity contribution in [2.45, 2.75) is 6.54 Å². The van der Waals surface area contributed by atoms with E-state index in [1.165, 1.54) is 18.2 Å². The number of hydrogen-bond acceptors (Lipinski definition) is 1. The summed E-state index contributed by atoms with van der Waals surface area (Å²) in [5, 5.41) is 3.27. The van der Waals surface area contributed by atoms with Gasteiger partial charge in [-0.05, 0) is 30.3 Å². The summed E-state index contributed by atoms with van der Waals surface area (Å²) in [5.41, 5.74) is 0.961. The Bertz CT molecular complexity index is 508. The number of nitrogens with one attached hydrogen (secondary N) is 1. The summed E-state index contributed by atoms with van der Waals surface area (Å²) in [6.45, 7) is 0.217. The molecule has 0 unspecified atom stereocenters. The van der Waals surface area contributed by atoms with E-state index in [9.17, 15) is 8.78 Å². The molecular formula is C13H10ClF2N. The van der Waals surface area contributed by atoms with E-state index in [0.29, 0.717) is 16.3 Å². The number of anilines is 1. The predicted octanol–water partition coefficient (Wildman–Crippen LogP) is 4.23. The van der Waals surface area contributed by atoms with Crippen LogP contribution in [0, 0.1) is 11.6 Å². The van der Waals surface area contributed by atoms with Crippen LogP contribution in [0.25, 0.3) is 0 Å². The van der Waals surface area contributed by atoms with Crippen molar-refractivity contribution in [2.75, 3.05) is 5.32 Å². The van der Waals surface area contributed by atoms with Gasteiger partial charge in [0.05, 0.1) is 0 Å². The Morgan fingerprint density at radius 1 is 1.06 bits per heavy atom. The molecule has 0 radical (unpaired) electrons. The van der Waals surface area contributed by atoms with Crippen LogP contribution in [0.3, 0.4) is 0 Å². The summed E-state index contributed by atoms with van der Waals surface area (Å²) in [6, 6.07) is 10.5. The second-order valence-electron chi connectivity index (χ2n) is 3.56. The average Bonchev–Trinajstić information content (AvgIpc) is 2.28.